The lowest BCUT2D eigenvalue weighted by Crippen LogP contribution is -2.26. The van der Waals surface area contributed by atoms with Gasteiger partial charge in [0.1, 0.15) is 12.2 Å². The molecule has 3 rings (SSSR count). The Morgan fingerprint density at radius 1 is 0.958 bits per heavy atom. The molecule has 24 heavy (non-hydrogen) atoms. The number of benzene rings is 2. The van der Waals surface area contributed by atoms with Crippen LogP contribution in [0.4, 0.5) is 0 Å². The van der Waals surface area contributed by atoms with Gasteiger partial charge in [0.05, 0.1) is 0 Å². The van der Waals surface area contributed by atoms with E-state index in [2.05, 4.69) is 36.1 Å². The molecule has 2 heteroatoms. The van der Waals surface area contributed by atoms with E-state index in [4.69, 9.17) is 4.74 Å². The van der Waals surface area contributed by atoms with E-state index in [0.717, 1.165) is 11.1 Å². The van der Waals surface area contributed by atoms with Crippen LogP contribution < -0.4 is 0 Å². The van der Waals surface area contributed by atoms with Gasteiger partial charge in [0.2, 0.25) is 0 Å². The van der Waals surface area contributed by atoms with Gasteiger partial charge in [0, 0.05) is 5.56 Å². The molecule has 0 radical (unpaired) electrons. The maximum absolute atomic E-state index is 11.2. The van der Waals surface area contributed by atoms with Gasteiger partial charge in [0.15, 0.2) is 5.78 Å². The van der Waals surface area contributed by atoms with Crippen molar-refractivity contribution >= 4 is 5.78 Å². The second-order valence-electron chi connectivity index (χ2n) is 5.79. The first-order chi connectivity index (χ1) is 11.6. The van der Waals surface area contributed by atoms with Gasteiger partial charge in [-0.05, 0) is 54.5 Å². The van der Waals surface area contributed by atoms with E-state index in [1.165, 1.54) is 17.7 Å². The first-order valence-corrected chi connectivity index (χ1v) is 7.85. The first kappa shape index (κ1) is 16.0. The Kier molecular flexibility index (Phi) is 4.74. The molecule has 0 spiro atoms. The molecule has 0 atom stereocenters. The van der Waals surface area contributed by atoms with Gasteiger partial charge in [0.25, 0.3) is 0 Å². The summed E-state index contributed by atoms with van der Waals surface area (Å²) in [6.07, 6.45) is 6.56. The smallest absolute Gasteiger partial charge is 0.178 e. The normalized spacial score (nSPS) is 15.0. The largest absolute Gasteiger partial charge is 0.354 e. The Hall–Kier alpha value is -2.89. The molecule has 1 aliphatic rings. The predicted octanol–water partition coefficient (Wildman–Crippen LogP) is 4.18. The average Bonchev–Trinajstić information content (AvgIpc) is 2.63. The number of carbonyl (C=O) groups excluding carboxylic acids is 1. The maximum atomic E-state index is 11.2. The highest BCUT2D eigenvalue weighted by Crippen LogP contribution is 2.20. The molecule has 2 nitrogen and oxygen atoms in total. The number of rotatable bonds is 3. The van der Waals surface area contributed by atoms with Crippen LogP contribution in [0, 0.1) is 11.8 Å². The molecule has 0 fully saturated rings. The monoisotopic (exact) mass is 314 g/mol. The summed E-state index contributed by atoms with van der Waals surface area (Å²) < 4.78 is 5.76. The minimum atomic E-state index is -0.561. The Morgan fingerprint density at radius 2 is 1.67 bits per heavy atom. The van der Waals surface area contributed by atoms with Crippen molar-refractivity contribution in [3.8, 4) is 23.0 Å². The van der Waals surface area contributed by atoms with Gasteiger partial charge < -0.3 is 4.74 Å². The third kappa shape index (κ3) is 4.10. The highest BCUT2D eigenvalue weighted by molar-refractivity contribution is 6.00. The lowest BCUT2D eigenvalue weighted by molar-refractivity contribution is -0.110. The van der Waals surface area contributed by atoms with Crippen LogP contribution in [0.15, 0.2) is 78.9 Å². The number of ketones is 1. The molecule has 118 valence electrons. The van der Waals surface area contributed by atoms with Crippen molar-refractivity contribution in [2.75, 3.05) is 6.61 Å². The fraction of sp³-hybridized carbons (Fsp3) is 0.136. The fourth-order valence-corrected chi connectivity index (χ4v) is 2.44. The summed E-state index contributed by atoms with van der Waals surface area (Å²) in [7, 11) is 0. The van der Waals surface area contributed by atoms with Crippen molar-refractivity contribution in [1.82, 2.24) is 0 Å². The van der Waals surface area contributed by atoms with Gasteiger partial charge in [-0.2, -0.15) is 0 Å². The van der Waals surface area contributed by atoms with Crippen LogP contribution >= 0.6 is 0 Å². The number of hydrogen-bond donors (Lipinski definition) is 0. The number of ether oxygens (including phenoxy) is 1. The molecule has 0 amide bonds. The van der Waals surface area contributed by atoms with Crippen molar-refractivity contribution in [3.63, 3.8) is 0 Å². The molecule has 0 heterocycles. The summed E-state index contributed by atoms with van der Waals surface area (Å²) in [5.74, 6) is 6.16. The highest BCUT2D eigenvalue weighted by atomic mass is 16.5. The first-order valence-electron chi connectivity index (χ1n) is 7.85. The van der Waals surface area contributed by atoms with Crippen molar-refractivity contribution in [2.45, 2.75) is 12.5 Å². The zero-order chi connectivity index (χ0) is 16.8. The lowest BCUT2D eigenvalue weighted by Gasteiger charge is -2.22. The van der Waals surface area contributed by atoms with E-state index in [-0.39, 0.29) is 5.78 Å². The van der Waals surface area contributed by atoms with Crippen LogP contribution in [0.3, 0.4) is 0 Å². The molecule has 2 aromatic carbocycles. The van der Waals surface area contributed by atoms with Crippen LogP contribution in [0.25, 0.3) is 11.1 Å². The van der Waals surface area contributed by atoms with Gasteiger partial charge in [-0.25, -0.2) is 0 Å². The van der Waals surface area contributed by atoms with E-state index >= 15 is 0 Å². The van der Waals surface area contributed by atoms with Gasteiger partial charge in [-0.15, -0.1) is 0 Å². The van der Waals surface area contributed by atoms with Gasteiger partial charge >= 0.3 is 0 Å². The van der Waals surface area contributed by atoms with Crippen molar-refractivity contribution in [3.05, 3.63) is 84.5 Å². The second kappa shape index (κ2) is 7.12. The standard InChI is InChI=1S/C22H18O2/c1-22(14-12-21(23)13-15-22)24-16-6-8-18-7-5-11-20(17-18)19-9-3-2-4-10-19/h2-5,7,9-15,17H,16H2,1H3. The predicted molar refractivity (Wildman–Crippen MR) is 96.4 cm³/mol. The topological polar surface area (TPSA) is 26.3 Å². The summed E-state index contributed by atoms with van der Waals surface area (Å²) in [6, 6.07) is 18.4. The Labute approximate surface area is 142 Å². The molecule has 0 saturated heterocycles. The van der Waals surface area contributed by atoms with Crippen LogP contribution in [0.2, 0.25) is 0 Å². The molecular weight excluding hydrogens is 296 g/mol. The molecule has 0 bridgehead atoms. The third-order valence-corrected chi connectivity index (χ3v) is 3.81. The minimum absolute atomic E-state index is 0.0140. The van der Waals surface area contributed by atoms with E-state index < -0.39 is 5.60 Å². The molecule has 0 aliphatic heterocycles. The Bertz CT molecular complexity index is 832. The summed E-state index contributed by atoms with van der Waals surface area (Å²) in [4.78, 5) is 11.2. The van der Waals surface area contributed by atoms with Crippen molar-refractivity contribution in [1.29, 1.82) is 0 Å². The molecule has 2 aromatic rings. The van der Waals surface area contributed by atoms with Crippen molar-refractivity contribution < 1.29 is 9.53 Å². The summed E-state index contributed by atoms with van der Waals surface area (Å²) >= 11 is 0. The van der Waals surface area contributed by atoms with Crippen LogP contribution in [0.5, 0.6) is 0 Å². The van der Waals surface area contributed by atoms with E-state index in [1.54, 1.807) is 12.2 Å². The molecule has 0 aromatic heterocycles. The maximum Gasteiger partial charge on any atom is 0.178 e. The molecular formula is C22H18O2. The zero-order valence-electron chi connectivity index (χ0n) is 13.5. The van der Waals surface area contributed by atoms with E-state index in [0.29, 0.717) is 6.61 Å². The quantitative estimate of drug-likeness (QED) is 0.795. The number of hydrogen-bond acceptors (Lipinski definition) is 2. The number of allylic oxidation sites excluding steroid dienone is 2. The van der Waals surface area contributed by atoms with Gasteiger partial charge in [-0.3, -0.25) is 4.79 Å². The molecule has 0 unspecified atom stereocenters. The summed E-state index contributed by atoms with van der Waals surface area (Å²) in [6.45, 7) is 2.21. The molecule has 0 N–H and O–H groups in total. The number of carbonyl (C=O) groups is 1. The highest BCUT2D eigenvalue weighted by Gasteiger charge is 2.20. The molecule has 1 aliphatic carbocycles. The summed E-state index contributed by atoms with van der Waals surface area (Å²) in [5.41, 5.74) is 2.71. The lowest BCUT2D eigenvalue weighted by atomic mass is 10.00. The van der Waals surface area contributed by atoms with Crippen LogP contribution in [-0.4, -0.2) is 18.0 Å². The Morgan fingerprint density at radius 3 is 2.42 bits per heavy atom. The van der Waals surface area contributed by atoms with E-state index in [9.17, 15) is 4.79 Å². The van der Waals surface area contributed by atoms with E-state index in [1.807, 2.05) is 37.3 Å². The van der Waals surface area contributed by atoms with Crippen LogP contribution in [0.1, 0.15) is 12.5 Å². The van der Waals surface area contributed by atoms with Gasteiger partial charge in [-0.1, -0.05) is 54.3 Å². The van der Waals surface area contributed by atoms with Crippen molar-refractivity contribution in [2.24, 2.45) is 0 Å². The second-order valence-corrected chi connectivity index (χ2v) is 5.79. The average molecular weight is 314 g/mol. The summed E-state index contributed by atoms with van der Waals surface area (Å²) in [5, 5.41) is 0. The zero-order valence-corrected chi connectivity index (χ0v) is 13.5. The SMILES string of the molecule is CC1(OCC#Cc2cccc(-c3ccccc3)c2)C=CC(=O)C=C1. The molecule has 0 saturated carbocycles. The Balaban J connectivity index is 1.66. The fourth-order valence-electron chi connectivity index (χ4n) is 2.44. The van der Waals surface area contributed by atoms with Crippen LogP contribution in [-0.2, 0) is 9.53 Å². The minimum Gasteiger partial charge on any atom is -0.354 e. The third-order valence-electron chi connectivity index (χ3n) is 3.81.